The highest BCUT2D eigenvalue weighted by Crippen LogP contribution is 2.66. The summed E-state index contributed by atoms with van der Waals surface area (Å²) >= 11 is 0. The van der Waals surface area contributed by atoms with Gasteiger partial charge in [0.05, 0.1) is 0 Å². The Hall–Kier alpha value is -2.36. The van der Waals surface area contributed by atoms with Gasteiger partial charge in [0.1, 0.15) is 0 Å². The number of hydrogen-bond donors (Lipinski definition) is 1. The molecule has 1 N–H and O–H groups in total. The van der Waals surface area contributed by atoms with E-state index >= 15 is 0 Å². The minimum atomic E-state index is -9.50. The Bertz CT molecular complexity index is 1250. The first-order valence-electron chi connectivity index (χ1n) is 8.69. The zero-order valence-corrected chi connectivity index (χ0v) is 18.9. The zero-order chi connectivity index (χ0) is 35.8. The molecular weight excluding hydrogens is 723 g/mol. The molecule has 43 heavy (non-hydrogen) atoms. The summed E-state index contributed by atoms with van der Waals surface area (Å²) < 4.78 is 356. The Morgan fingerprint density at radius 2 is 0.628 bits per heavy atom. The number of hydrogen-bond acceptors (Lipinski definition) is 2. The number of rotatable bonds is 11. The largest absolute Gasteiger partial charge is 0.460 e. The molecule has 0 aromatic carbocycles. The molecule has 0 saturated heterocycles. The van der Waals surface area contributed by atoms with Gasteiger partial charge in [0.15, 0.2) is 5.83 Å². The second-order valence-electron chi connectivity index (χ2n) is 7.34. The van der Waals surface area contributed by atoms with Crippen LogP contribution in [0, 0.1) is 0 Å². The maximum Gasteiger partial charge on any atom is 0.460 e. The molecule has 0 aliphatic heterocycles. The molecule has 0 atom stereocenters. The molecule has 0 fully saturated rings. The first-order valence-corrected chi connectivity index (χ1v) is 10.1. The van der Waals surface area contributed by atoms with Gasteiger partial charge in [-0.1, -0.05) is 0 Å². The van der Waals surface area contributed by atoms with E-state index in [4.69, 9.17) is 4.55 Å². The molecule has 0 aliphatic carbocycles. The van der Waals surface area contributed by atoms with Crippen molar-refractivity contribution in [1.29, 1.82) is 0 Å². The van der Waals surface area contributed by atoms with E-state index in [2.05, 4.69) is 0 Å². The van der Waals surface area contributed by atoms with Gasteiger partial charge in [-0.25, -0.2) is 17.6 Å². The lowest BCUT2D eigenvalue weighted by molar-refractivity contribution is -0.467. The molecule has 0 spiro atoms. The van der Waals surface area contributed by atoms with Crippen molar-refractivity contribution in [2.75, 3.05) is 0 Å². The van der Waals surface area contributed by atoms with Crippen molar-refractivity contribution < 1.29 is 123 Å². The van der Waals surface area contributed by atoms with Crippen LogP contribution in [-0.2, 0) is 10.1 Å². The van der Waals surface area contributed by atoms with Gasteiger partial charge in [0.25, 0.3) is 0 Å². The molecule has 0 amide bonds. The summed E-state index contributed by atoms with van der Waals surface area (Å²) in [7, 11) is -7.39. The Labute approximate surface area is 216 Å². The van der Waals surface area contributed by atoms with E-state index in [1.54, 1.807) is 0 Å². The van der Waals surface area contributed by atoms with Crippen molar-refractivity contribution in [3.05, 3.63) is 23.3 Å². The van der Waals surface area contributed by atoms with E-state index < -0.39 is 92.2 Å². The van der Waals surface area contributed by atoms with Crippen LogP contribution in [0.4, 0.5) is 110 Å². The van der Waals surface area contributed by atoms with Gasteiger partial charge in [0, 0.05) is 0 Å². The van der Waals surface area contributed by atoms with Gasteiger partial charge >= 0.3 is 68.9 Å². The van der Waals surface area contributed by atoms with Crippen LogP contribution in [-0.4, -0.2) is 71.8 Å². The molecular formula is C14HF25O3S. The standard InChI is InChI=1S/C14HF25O3S/c15-1(2(16)4(18)6(21,22)43(40,41)42)3(17)5(19,20)7(23,24)8(25,26)9(27,28)10(29,30)11(31,32)12(33,34)13(35,36)14(37,38)39/h(H,40,41,42)/b3-1+,4-2+. The lowest BCUT2D eigenvalue weighted by Gasteiger charge is -2.43. The molecule has 0 radical (unpaired) electrons. The van der Waals surface area contributed by atoms with E-state index in [1.165, 1.54) is 0 Å². The van der Waals surface area contributed by atoms with Crippen molar-refractivity contribution in [3.8, 4) is 0 Å². The SMILES string of the molecule is O=S(=O)(O)C(F)(F)/C(F)=C(F)/C(F)=C(\F)C(F)(F)C(F)(F)C(F)(F)C(F)(F)C(F)(F)C(F)(F)C(F)(F)C(F)(F)C(F)(F)F. The quantitative estimate of drug-likeness (QED) is 0.132. The number of halogens is 25. The highest BCUT2D eigenvalue weighted by atomic mass is 32.2. The van der Waals surface area contributed by atoms with Crippen molar-refractivity contribution in [2.24, 2.45) is 0 Å². The molecule has 29 heteroatoms. The summed E-state index contributed by atoms with van der Waals surface area (Å²) in [5.41, 5.74) is 0. The number of allylic oxidation sites excluding steroid dienone is 3. The van der Waals surface area contributed by atoms with Gasteiger partial charge in [-0.2, -0.15) is 101 Å². The Morgan fingerprint density at radius 1 is 0.395 bits per heavy atom. The smallest absolute Gasteiger partial charge is 0.281 e. The van der Waals surface area contributed by atoms with E-state index in [-0.39, 0.29) is 0 Å². The van der Waals surface area contributed by atoms with Crippen LogP contribution in [0.2, 0.25) is 0 Å². The lowest BCUT2D eigenvalue weighted by Crippen LogP contribution is -2.75. The van der Waals surface area contributed by atoms with E-state index in [9.17, 15) is 118 Å². The molecule has 3 nitrogen and oxygen atoms in total. The summed E-state index contributed by atoms with van der Waals surface area (Å²) in [6.45, 7) is 0. The fourth-order valence-electron chi connectivity index (χ4n) is 2.07. The van der Waals surface area contributed by atoms with Crippen LogP contribution in [0.15, 0.2) is 23.3 Å². The molecule has 0 heterocycles. The second-order valence-corrected chi connectivity index (χ2v) is 8.80. The van der Waals surface area contributed by atoms with Crippen LogP contribution >= 0.6 is 0 Å². The summed E-state index contributed by atoms with van der Waals surface area (Å²) in [5, 5.41) is -6.90. The molecule has 0 aliphatic rings. The normalized spacial score (nSPS) is 17.5. The fourth-order valence-corrected chi connectivity index (χ4v) is 2.39. The third kappa shape index (κ3) is 5.33. The minimum Gasteiger partial charge on any atom is -0.281 e. The van der Waals surface area contributed by atoms with Crippen LogP contribution in [0.25, 0.3) is 0 Å². The maximum absolute atomic E-state index is 13.6. The van der Waals surface area contributed by atoms with Crippen LogP contribution in [0.5, 0.6) is 0 Å². The predicted molar refractivity (Wildman–Crippen MR) is 80.6 cm³/mol. The Morgan fingerprint density at radius 3 is 0.884 bits per heavy atom. The molecule has 0 aromatic heterocycles. The average Bonchev–Trinajstić information content (AvgIpc) is 2.79. The molecule has 256 valence electrons. The third-order valence-corrected chi connectivity index (χ3v) is 5.38. The van der Waals surface area contributed by atoms with Gasteiger partial charge in [-0.05, 0) is 0 Å². The van der Waals surface area contributed by atoms with Crippen molar-refractivity contribution in [1.82, 2.24) is 0 Å². The van der Waals surface area contributed by atoms with Crippen molar-refractivity contribution >= 4 is 10.1 Å². The third-order valence-electron chi connectivity index (χ3n) is 4.55. The topological polar surface area (TPSA) is 54.4 Å². The Balaban J connectivity index is 7.43. The van der Waals surface area contributed by atoms with E-state index in [1.807, 2.05) is 0 Å². The van der Waals surface area contributed by atoms with Gasteiger partial charge in [0.2, 0.25) is 17.5 Å². The molecule has 0 saturated carbocycles. The highest BCUT2D eigenvalue weighted by molar-refractivity contribution is 7.87. The summed E-state index contributed by atoms with van der Waals surface area (Å²) in [5.74, 6) is -93.5. The minimum absolute atomic E-state index is 4.82. The second kappa shape index (κ2) is 10.3. The molecule has 0 unspecified atom stereocenters. The lowest BCUT2D eigenvalue weighted by atomic mass is 9.87. The summed E-state index contributed by atoms with van der Waals surface area (Å²) in [6.07, 6.45) is -8.17. The molecule has 0 rings (SSSR count). The zero-order valence-electron chi connectivity index (χ0n) is 18.1. The highest BCUT2D eigenvalue weighted by Gasteiger charge is 2.97. The first-order chi connectivity index (χ1) is 18.1. The average molecular weight is 724 g/mol. The van der Waals surface area contributed by atoms with Crippen molar-refractivity contribution in [3.63, 3.8) is 0 Å². The number of alkyl halides is 21. The van der Waals surface area contributed by atoms with Crippen LogP contribution in [0.1, 0.15) is 0 Å². The summed E-state index contributed by atoms with van der Waals surface area (Å²) in [6, 6.07) is 0. The fraction of sp³-hybridized carbons (Fsp3) is 0.714. The van der Waals surface area contributed by atoms with E-state index in [0.29, 0.717) is 0 Å². The van der Waals surface area contributed by atoms with Crippen molar-refractivity contribution in [2.45, 2.75) is 58.8 Å². The summed E-state index contributed by atoms with van der Waals surface area (Å²) in [4.78, 5) is 0. The van der Waals surface area contributed by atoms with Gasteiger partial charge in [-0.3, -0.25) is 4.55 Å². The maximum atomic E-state index is 13.6. The Kier molecular flexibility index (Phi) is 9.78. The monoisotopic (exact) mass is 724 g/mol. The van der Waals surface area contributed by atoms with Gasteiger partial charge in [-0.15, -0.1) is 0 Å². The van der Waals surface area contributed by atoms with Crippen LogP contribution < -0.4 is 0 Å². The van der Waals surface area contributed by atoms with E-state index in [0.717, 1.165) is 0 Å². The van der Waals surface area contributed by atoms with Gasteiger partial charge < -0.3 is 0 Å². The first kappa shape index (κ1) is 40.6. The van der Waals surface area contributed by atoms with Crippen LogP contribution in [0.3, 0.4) is 0 Å². The molecule has 0 aromatic rings. The molecule has 0 bridgehead atoms. The predicted octanol–water partition coefficient (Wildman–Crippen LogP) is 8.41.